The molecular formula is C25H35N7O4. The number of hydrogen-bond acceptors (Lipinski definition) is 9. The van der Waals surface area contributed by atoms with Gasteiger partial charge in [-0.2, -0.15) is 0 Å². The fourth-order valence-electron chi connectivity index (χ4n) is 3.00. The molecule has 1 aliphatic carbocycles. The van der Waals surface area contributed by atoms with Crippen LogP contribution in [0.2, 0.25) is 0 Å². The van der Waals surface area contributed by atoms with Crippen LogP contribution < -0.4 is 11.1 Å². The Kier molecular flexibility index (Phi) is 10.6. The van der Waals surface area contributed by atoms with Crippen molar-refractivity contribution >= 4 is 23.9 Å². The minimum absolute atomic E-state index is 0.0136. The maximum Gasteiger partial charge on any atom is 0.210 e. The molecular weight excluding hydrogens is 462 g/mol. The topological polar surface area (TPSA) is 184 Å². The summed E-state index contributed by atoms with van der Waals surface area (Å²) in [4.78, 5) is 18.8. The van der Waals surface area contributed by atoms with Gasteiger partial charge in [-0.3, -0.25) is 20.6 Å². The van der Waals surface area contributed by atoms with Crippen LogP contribution in [0.5, 0.6) is 0 Å². The SMILES string of the molecule is CC(C)(C)/C(=C/C(N)=NC(=N)c1cc(CO)on1)C(=N)OCc1ccc(C=O)cn1.CNC1CCC1. The lowest BCUT2D eigenvalue weighted by molar-refractivity contribution is 0.112. The monoisotopic (exact) mass is 497 g/mol. The molecule has 0 amide bonds. The molecule has 11 heteroatoms. The fourth-order valence-corrected chi connectivity index (χ4v) is 3.00. The molecule has 1 aliphatic rings. The van der Waals surface area contributed by atoms with Crippen molar-refractivity contribution in [2.75, 3.05) is 7.05 Å². The van der Waals surface area contributed by atoms with E-state index in [1.54, 1.807) is 12.1 Å². The Balaban J connectivity index is 0.000000662. The Labute approximate surface area is 210 Å². The van der Waals surface area contributed by atoms with Crippen molar-refractivity contribution in [3.63, 3.8) is 0 Å². The number of hydrogen-bond donors (Lipinski definition) is 5. The van der Waals surface area contributed by atoms with Gasteiger partial charge in [-0.1, -0.05) is 32.3 Å². The van der Waals surface area contributed by atoms with Gasteiger partial charge in [0.1, 0.15) is 19.0 Å². The van der Waals surface area contributed by atoms with Gasteiger partial charge in [0, 0.05) is 29.4 Å². The van der Waals surface area contributed by atoms with E-state index >= 15 is 0 Å². The van der Waals surface area contributed by atoms with E-state index < -0.39 is 5.41 Å². The average molecular weight is 498 g/mol. The van der Waals surface area contributed by atoms with Crippen LogP contribution in [-0.2, 0) is 18.0 Å². The highest BCUT2D eigenvalue weighted by Crippen LogP contribution is 2.26. The number of pyridine rings is 1. The minimum Gasteiger partial charge on any atom is -0.471 e. The summed E-state index contributed by atoms with van der Waals surface area (Å²) in [5.41, 5.74) is 7.07. The second-order valence-corrected chi connectivity index (χ2v) is 9.26. The average Bonchev–Trinajstić information content (AvgIpc) is 3.30. The lowest BCUT2D eigenvalue weighted by atomic mass is 9.86. The fraction of sp³-hybridized carbons (Fsp3) is 0.440. The number of ether oxygens (including phenoxy) is 1. The molecule has 194 valence electrons. The number of amidine groups is 2. The highest BCUT2D eigenvalue weighted by molar-refractivity contribution is 6.09. The summed E-state index contributed by atoms with van der Waals surface area (Å²) < 4.78 is 10.4. The second-order valence-electron chi connectivity index (χ2n) is 9.26. The van der Waals surface area contributed by atoms with Crippen molar-refractivity contribution < 1.29 is 19.2 Å². The number of rotatable bonds is 8. The van der Waals surface area contributed by atoms with Crippen molar-refractivity contribution in [3.05, 3.63) is 58.8 Å². The number of nitrogens with two attached hydrogens (primary N) is 1. The van der Waals surface area contributed by atoms with E-state index in [0.717, 1.165) is 6.04 Å². The van der Waals surface area contributed by atoms with Gasteiger partial charge in [-0.25, -0.2) is 4.99 Å². The molecule has 1 saturated carbocycles. The molecule has 0 atom stereocenters. The summed E-state index contributed by atoms with van der Waals surface area (Å²) in [5, 5.41) is 32.1. The Morgan fingerprint density at radius 3 is 2.53 bits per heavy atom. The Morgan fingerprint density at radius 2 is 2.08 bits per heavy atom. The first kappa shape index (κ1) is 28.5. The van der Waals surface area contributed by atoms with E-state index in [0.29, 0.717) is 23.1 Å². The molecule has 0 spiro atoms. The van der Waals surface area contributed by atoms with Crippen LogP contribution in [0.15, 0.2) is 45.6 Å². The molecule has 0 saturated heterocycles. The Morgan fingerprint density at radius 1 is 1.36 bits per heavy atom. The minimum atomic E-state index is -0.494. The second kappa shape index (κ2) is 13.4. The molecule has 3 rings (SSSR count). The smallest absolute Gasteiger partial charge is 0.210 e. The third-order valence-electron chi connectivity index (χ3n) is 5.40. The van der Waals surface area contributed by atoms with Crippen molar-refractivity contribution in [1.29, 1.82) is 10.8 Å². The molecule has 6 N–H and O–H groups in total. The summed E-state index contributed by atoms with van der Waals surface area (Å²) in [6.45, 7) is 5.36. The standard InChI is InChI=1S/C20H24N6O4.C5H11N/c1-20(2,3)15(19(23)29-11-13-5-4-12(9-27)8-24-13)7-17(21)25-18(22)16-6-14(10-28)30-26-16;1-6-5-3-2-4-5/h4-9,23,28H,10-11H2,1-3H3,(H3,21,22,25);5-6H,2-4H2,1H3/b15-7+,23-19?;. The number of carbonyl (C=O) groups excluding carboxylic acids is 1. The number of aliphatic hydroxyl groups excluding tert-OH is 1. The quantitative estimate of drug-likeness (QED) is 0.209. The van der Waals surface area contributed by atoms with Crippen LogP contribution in [0.1, 0.15) is 67.5 Å². The van der Waals surface area contributed by atoms with E-state index in [4.69, 9.17) is 30.9 Å². The van der Waals surface area contributed by atoms with Crippen LogP contribution in [0.4, 0.5) is 0 Å². The molecule has 11 nitrogen and oxygen atoms in total. The van der Waals surface area contributed by atoms with Gasteiger partial charge in [0.2, 0.25) is 5.90 Å². The van der Waals surface area contributed by atoms with Gasteiger partial charge in [0.05, 0.1) is 5.69 Å². The van der Waals surface area contributed by atoms with Crippen LogP contribution in [-0.4, -0.2) is 52.2 Å². The van der Waals surface area contributed by atoms with Gasteiger partial charge in [-0.05, 0) is 43.5 Å². The molecule has 0 aliphatic heterocycles. The number of aliphatic hydroxyl groups is 1. The molecule has 2 aromatic rings. The summed E-state index contributed by atoms with van der Waals surface area (Å²) in [5.74, 6) is -0.162. The van der Waals surface area contributed by atoms with Crippen LogP contribution >= 0.6 is 0 Å². The van der Waals surface area contributed by atoms with E-state index in [2.05, 4.69) is 20.4 Å². The van der Waals surface area contributed by atoms with Crippen LogP contribution in [0.3, 0.4) is 0 Å². The number of nitrogens with one attached hydrogen (secondary N) is 3. The molecule has 0 bridgehead atoms. The zero-order chi connectivity index (χ0) is 26.7. The maximum absolute atomic E-state index is 10.7. The first-order valence-corrected chi connectivity index (χ1v) is 11.6. The first-order chi connectivity index (χ1) is 17.1. The predicted molar refractivity (Wildman–Crippen MR) is 137 cm³/mol. The lowest BCUT2D eigenvalue weighted by Gasteiger charge is -2.23. The van der Waals surface area contributed by atoms with E-state index in [1.165, 1.54) is 37.6 Å². The number of aromatic nitrogens is 2. The van der Waals surface area contributed by atoms with Crippen molar-refractivity contribution in [2.24, 2.45) is 16.1 Å². The number of aliphatic imine (C=N–C) groups is 1. The Hall–Kier alpha value is -3.70. The maximum atomic E-state index is 10.7. The Bertz CT molecular complexity index is 1090. The third-order valence-corrected chi connectivity index (χ3v) is 5.40. The highest BCUT2D eigenvalue weighted by Gasteiger charge is 2.23. The van der Waals surface area contributed by atoms with Crippen LogP contribution in [0, 0.1) is 16.2 Å². The first-order valence-electron chi connectivity index (χ1n) is 11.6. The number of aldehydes is 1. The van der Waals surface area contributed by atoms with Crippen molar-refractivity contribution in [3.8, 4) is 0 Å². The van der Waals surface area contributed by atoms with Crippen molar-refractivity contribution in [1.82, 2.24) is 15.5 Å². The summed E-state index contributed by atoms with van der Waals surface area (Å²) in [6.07, 6.45) is 7.83. The summed E-state index contributed by atoms with van der Waals surface area (Å²) in [7, 11) is 2.03. The van der Waals surface area contributed by atoms with Gasteiger partial charge in [-0.15, -0.1) is 0 Å². The molecule has 36 heavy (non-hydrogen) atoms. The van der Waals surface area contributed by atoms with Crippen LogP contribution in [0.25, 0.3) is 0 Å². The molecule has 0 radical (unpaired) electrons. The summed E-state index contributed by atoms with van der Waals surface area (Å²) >= 11 is 0. The van der Waals surface area contributed by atoms with E-state index in [9.17, 15) is 4.79 Å². The summed E-state index contributed by atoms with van der Waals surface area (Å²) in [6, 6.07) is 5.52. The van der Waals surface area contributed by atoms with Crippen molar-refractivity contribution in [2.45, 2.75) is 59.3 Å². The van der Waals surface area contributed by atoms with Gasteiger partial charge >= 0.3 is 0 Å². The highest BCUT2D eigenvalue weighted by atomic mass is 16.5. The zero-order valence-electron chi connectivity index (χ0n) is 21.2. The molecule has 1 fully saturated rings. The van der Waals surface area contributed by atoms with Gasteiger partial charge in [0.25, 0.3) is 0 Å². The molecule has 0 unspecified atom stereocenters. The number of carbonyl (C=O) groups is 1. The van der Waals surface area contributed by atoms with E-state index in [-0.39, 0.29) is 42.2 Å². The number of nitrogens with zero attached hydrogens (tertiary/aromatic N) is 3. The molecule has 2 aromatic heterocycles. The van der Waals surface area contributed by atoms with E-state index in [1.807, 2.05) is 27.8 Å². The third kappa shape index (κ3) is 8.82. The molecule has 0 aromatic carbocycles. The largest absolute Gasteiger partial charge is 0.471 e. The van der Waals surface area contributed by atoms with Gasteiger partial charge in [0.15, 0.2) is 23.6 Å². The lowest BCUT2D eigenvalue weighted by Crippen LogP contribution is -2.31. The normalized spacial score (nSPS) is 14.4. The molecule has 2 heterocycles. The van der Waals surface area contributed by atoms with Gasteiger partial charge < -0.3 is 25.4 Å². The predicted octanol–water partition coefficient (Wildman–Crippen LogP) is 2.98. The zero-order valence-corrected chi connectivity index (χ0v) is 21.2.